The number of hydrogen-bond acceptors (Lipinski definition) is 3. The van der Waals surface area contributed by atoms with Gasteiger partial charge in [-0.25, -0.2) is 9.37 Å². The Hall–Kier alpha value is -2.49. The van der Waals surface area contributed by atoms with Crippen molar-refractivity contribution >= 4 is 11.9 Å². The summed E-state index contributed by atoms with van der Waals surface area (Å²) in [4.78, 5) is 9.32. The van der Waals surface area contributed by atoms with E-state index in [1.54, 1.807) is 12.1 Å². The van der Waals surface area contributed by atoms with Crippen LogP contribution >= 0.6 is 0 Å². The second-order valence-corrected chi connectivity index (χ2v) is 7.02. The van der Waals surface area contributed by atoms with Crippen molar-refractivity contribution in [3.05, 3.63) is 71.2 Å². The quantitative estimate of drug-likeness (QED) is 0.687. The summed E-state index contributed by atoms with van der Waals surface area (Å²) in [5.41, 5.74) is 2.80. The first-order chi connectivity index (χ1) is 12.7. The first kappa shape index (κ1) is 17.0. The number of fused-ring (bicyclic) bond motifs is 1. The summed E-state index contributed by atoms with van der Waals surface area (Å²) in [7, 11) is 0. The van der Waals surface area contributed by atoms with E-state index in [1.807, 2.05) is 24.4 Å². The van der Waals surface area contributed by atoms with Crippen LogP contribution in [0.15, 0.2) is 51.9 Å². The zero-order valence-corrected chi connectivity index (χ0v) is 15.0. The van der Waals surface area contributed by atoms with Gasteiger partial charge in [-0.1, -0.05) is 31.2 Å². The lowest BCUT2D eigenvalue weighted by atomic mass is 9.91. The van der Waals surface area contributed by atoms with Crippen molar-refractivity contribution in [3.8, 4) is 0 Å². The Morgan fingerprint density at radius 3 is 3.08 bits per heavy atom. The summed E-state index contributed by atoms with van der Waals surface area (Å²) in [5.74, 6) is 2.00. The Bertz CT molecular complexity index is 878. The van der Waals surface area contributed by atoms with E-state index in [0.717, 1.165) is 54.8 Å². The normalized spacial score (nSPS) is 22.5. The van der Waals surface area contributed by atoms with Gasteiger partial charge < -0.3 is 4.42 Å². The summed E-state index contributed by atoms with van der Waals surface area (Å²) in [6.07, 6.45) is 12.8. The Labute approximate surface area is 153 Å². The van der Waals surface area contributed by atoms with E-state index in [1.165, 1.54) is 6.07 Å². The highest BCUT2D eigenvalue weighted by Crippen LogP contribution is 2.33. The van der Waals surface area contributed by atoms with Crippen molar-refractivity contribution in [2.75, 3.05) is 0 Å². The summed E-state index contributed by atoms with van der Waals surface area (Å²) < 4.78 is 19.7. The van der Waals surface area contributed by atoms with Gasteiger partial charge in [-0.3, -0.25) is 4.99 Å². The third-order valence-corrected chi connectivity index (χ3v) is 5.20. The minimum atomic E-state index is -0.178. The third kappa shape index (κ3) is 3.55. The van der Waals surface area contributed by atoms with E-state index in [0.29, 0.717) is 11.8 Å². The fraction of sp³-hybridized carbons (Fsp3) is 0.364. The van der Waals surface area contributed by atoms with E-state index >= 15 is 0 Å². The van der Waals surface area contributed by atoms with Crippen molar-refractivity contribution in [1.29, 1.82) is 0 Å². The van der Waals surface area contributed by atoms with Gasteiger partial charge >= 0.3 is 0 Å². The van der Waals surface area contributed by atoms with Crippen LogP contribution in [-0.4, -0.2) is 11.2 Å². The minimum Gasteiger partial charge on any atom is -0.440 e. The van der Waals surface area contributed by atoms with Gasteiger partial charge in [0.15, 0.2) is 0 Å². The molecule has 2 aromatic rings. The summed E-state index contributed by atoms with van der Waals surface area (Å²) in [6, 6.07) is 6.93. The lowest BCUT2D eigenvalue weighted by Gasteiger charge is -2.14. The van der Waals surface area contributed by atoms with Gasteiger partial charge in [0, 0.05) is 25.0 Å². The van der Waals surface area contributed by atoms with Crippen LogP contribution in [0.3, 0.4) is 0 Å². The molecule has 2 heterocycles. The number of rotatable bonds is 3. The molecule has 0 radical (unpaired) electrons. The van der Waals surface area contributed by atoms with Gasteiger partial charge in [0.2, 0.25) is 5.89 Å². The van der Waals surface area contributed by atoms with Gasteiger partial charge in [-0.2, -0.15) is 0 Å². The van der Waals surface area contributed by atoms with Crippen LogP contribution in [0, 0.1) is 11.7 Å². The van der Waals surface area contributed by atoms with Gasteiger partial charge in [-0.05, 0) is 49.0 Å². The molecule has 4 heteroatoms. The maximum absolute atomic E-state index is 13.6. The van der Waals surface area contributed by atoms with Crippen LogP contribution in [-0.2, 0) is 12.8 Å². The molecule has 1 aliphatic heterocycles. The van der Waals surface area contributed by atoms with Gasteiger partial charge in [0.1, 0.15) is 17.3 Å². The highest BCUT2D eigenvalue weighted by Gasteiger charge is 2.24. The van der Waals surface area contributed by atoms with E-state index < -0.39 is 0 Å². The summed E-state index contributed by atoms with van der Waals surface area (Å²) in [6.45, 7) is 2.14. The van der Waals surface area contributed by atoms with E-state index in [4.69, 9.17) is 9.40 Å². The second-order valence-electron chi connectivity index (χ2n) is 7.02. The molecule has 2 unspecified atom stereocenters. The molecular weight excluding hydrogens is 327 g/mol. The minimum absolute atomic E-state index is 0.178. The lowest BCUT2D eigenvalue weighted by molar-refractivity contribution is 0.481. The van der Waals surface area contributed by atoms with Crippen LogP contribution < -0.4 is 0 Å². The van der Waals surface area contributed by atoms with Crippen molar-refractivity contribution in [3.63, 3.8) is 0 Å². The fourth-order valence-electron chi connectivity index (χ4n) is 3.66. The average molecular weight is 350 g/mol. The van der Waals surface area contributed by atoms with Crippen LogP contribution in [0.25, 0.3) is 5.70 Å². The number of halogens is 1. The van der Waals surface area contributed by atoms with Crippen molar-refractivity contribution in [1.82, 2.24) is 4.98 Å². The molecule has 4 rings (SSSR count). The number of benzene rings is 1. The highest BCUT2D eigenvalue weighted by atomic mass is 19.1. The zero-order valence-electron chi connectivity index (χ0n) is 15.0. The molecule has 0 fully saturated rings. The highest BCUT2D eigenvalue weighted by molar-refractivity contribution is 5.75. The molecular formula is C22H23FN2O. The van der Waals surface area contributed by atoms with Crippen LogP contribution in [0.5, 0.6) is 0 Å². The summed E-state index contributed by atoms with van der Waals surface area (Å²) in [5, 5.41) is 0. The molecule has 0 saturated heterocycles. The maximum Gasteiger partial charge on any atom is 0.245 e. The molecule has 1 aromatic heterocycles. The molecule has 1 aromatic carbocycles. The number of hydrogen-bond donors (Lipinski definition) is 0. The largest absolute Gasteiger partial charge is 0.440 e. The van der Waals surface area contributed by atoms with Crippen LogP contribution in [0.1, 0.15) is 55.0 Å². The van der Waals surface area contributed by atoms with Gasteiger partial charge in [0.05, 0.1) is 5.69 Å². The van der Waals surface area contributed by atoms with Gasteiger partial charge in [0.25, 0.3) is 0 Å². The van der Waals surface area contributed by atoms with E-state index in [-0.39, 0.29) is 11.7 Å². The zero-order chi connectivity index (χ0) is 17.9. The number of aryl methyl sites for hydroxylation is 1. The monoisotopic (exact) mass is 350 g/mol. The van der Waals surface area contributed by atoms with Crippen molar-refractivity contribution in [2.45, 2.75) is 44.9 Å². The lowest BCUT2D eigenvalue weighted by Crippen LogP contribution is -2.03. The molecule has 3 nitrogen and oxygen atoms in total. The molecule has 0 spiro atoms. The molecule has 2 aliphatic rings. The van der Waals surface area contributed by atoms with E-state index in [2.05, 4.69) is 18.0 Å². The Kier molecular flexibility index (Phi) is 4.83. The van der Waals surface area contributed by atoms with Crippen LogP contribution in [0.4, 0.5) is 4.39 Å². The van der Waals surface area contributed by atoms with Crippen molar-refractivity contribution < 1.29 is 8.81 Å². The maximum atomic E-state index is 13.6. The Balaban J connectivity index is 1.60. The van der Waals surface area contributed by atoms with Crippen molar-refractivity contribution in [2.24, 2.45) is 10.9 Å². The molecule has 1 aliphatic carbocycles. The smallest absolute Gasteiger partial charge is 0.245 e. The number of allylic oxidation sites excluding steroid dienone is 3. The summed E-state index contributed by atoms with van der Waals surface area (Å²) >= 11 is 0. The number of aromatic nitrogens is 1. The number of nitrogens with zero attached hydrogens (tertiary/aromatic N) is 2. The SMILES string of the molecule is CCC1C=CC=C(c2nc3c(o2)CCCC(c2cccc(F)c2)C3)N=C1. The molecule has 2 atom stereocenters. The standard InChI is InChI=1S/C22H23FN2O/c1-2-15-6-3-10-19(24-14-15)22-25-20-13-17(8-5-11-21(20)26-22)16-7-4-9-18(23)12-16/h3-4,6-7,9-10,12,14-15,17H,2,5,8,11,13H2,1H3. The second kappa shape index (κ2) is 7.40. The number of oxazole rings is 1. The molecule has 0 amide bonds. The van der Waals surface area contributed by atoms with E-state index in [9.17, 15) is 4.39 Å². The average Bonchev–Trinajstić information content (AvgIpc) is 2.82. The van der Waals surface area contributed by atoms with Crippen LogP contribution in [0.2, 0.25) is 0 Å². The molecule has 134 valence electrons. The first-order valence-electron chi connectivity index (χ1n) is 9.40. The molecule has 0 bridgehead atoms. The number of aliphatic imine (C=N–C) groups is 1. The topological polar surface area (TPSA) is 38.4 Å². The third-order valence-electron chi connectivity index (χ3n) is 5.20. The molecule has 26 heavy (non-hydrogen) atoms. The Morgan fingerprint density at radius 2 is 2.23 bits per heavy atom. The first-order valence-corrected chi connectivity index (χ1v) is 9.40. The predicted molar refractivity (Wildman–Crippen MR) is 102 cm³/mol. The predicted octanol–water partition coefficient (Wildman–Crippen LogP) is 5.48. The molecule has 0 N–H and O–H groups in total. The Morgan fingerprint density at radius 1 is 1.31 bits per heavy atom. The fourth-order valence-corrected chi connectivity index (χ4v) is 3.66. The van der Waals surface area contributed by atoms with Gasteiger partial charge in [-0.15, -0.1) is 0 Å². The molecule has 0 saturated carbocycles.